The molecule has 0 saturated heterocycles. The van der Waals surface area contributed by atoms with Gasteiger partial charge >= 0.3 is 0 Å². The first-order valence-corrected chi connectivity index (χ1v) is 4.75. The van der Waals surface area contributed by atoms with Crippen molar-refractivity contribution in [3.63, 3.8) is 0 Å². The Balaban J connectivity index is 1.94. The number of hydrogen-bond donors (Lipinski definition) is 0. The number of allylic oxidation sites excluding steroid dienone is 3. The van der Waals surface area contributed by atoms with Crippen molar-refractivity contribution in [3.05, 3.63) is 24.3 Å². The molecular weight excluding hydrogens is 132 g/mol. The second kappa shape index (κ2) is 2.84. The average Bonchev–Trinajstić information content (AvgIpc) is 2.04. The van der Waals surface area contributed by atoms with E-state index in [4.69, 9.17) is 0 Å². The van der Waals surface area contributed by atoms with E-state index < -0.39 is 0 Å². The summed E-state index contributed by atoms with van der Waals surface area (Å²) in [6, 6.07) is 0. The molecule has 1 saturated carbocycles. The minimum absolute atomic E-state index is 0.760. The highest BCUT2D eigenvalue weighted by molar-refractivity contribution is 5.33. The quantitative estimate of drug-likeness (QED) is 0.535. The monoisotopic (exact) mass is 148 g/mol. The largest absolute Gasteiger partial charge is 0.0952 e. The van der Waals surface area contributed by atoms with Crippen molar-refractivity contribution in [2.24, 2.45) is 11.8 Å². The lowest BCUT2D eigenvalue weighted by atomic mass is 9.72. The third-order valence-corrected chi connectivity index (χ3v) is 3.10. The van der Waals surface area contributed by atoms with Gasteiger partial charge in [0.2, 0.25) is 0 Å². The minimum atomic E-state index is 0.760. The first-order valence-electron chi connectivity index (χ1n) is 4.75. The molecule has 0 N–H and O–H groups in total. The fourth-order valence-electron chi connectivity index (χ4n) is 2.30. The van der Waals surface area contributed by atoms with Crippen molar-refractivity contribution in [1.82, 2.24) is 0 Å². The lowest BCUT2D eigenvalue weighted by Gasteiger charge is -2.33. The highest BCUT2D eigenvalue weighted by atomic mass is 14.3. The zero-order chi connectivity index (χ0) is 7.68. The molecule has 0 spiro atoms. The topological polar surface area (TPSA) is 0 Å². The zero-order valence-corrected chi connectivity index (χ0v) is 7.05. The number of rotatable bonds is 1. The van der Waals surface area contributed by atoms with Crippen molar-refractivity contribution in [2.45, 2.75) is 32.1 Å². The third-order valence-electron chi connectivity index (χ3n) is 3.10. The summed E-state index contributed by atoms with van der Waals surface area (Å²) in [4.78, 5) is 0. The van der Waals surface area contributed by atoms with Gasteiger partial charge in [-0.2, -0.15) is 0 Å². The molecule has 0 aromatic heterocycles. The Morgan fingerprint density at radius 2 is 1.91 bits per heavy atom. The molecule has 0 radical (unpaired) electrons. The summed E-state index contributed by atoms with van der Waals surface area (Å²) in [6.45, 7) is 4.03. The van der Waals surface area contributed by atoms with Crippen LogP contribution in [0.2, 0.25) is 0 Å². The van der Waals surface area contributed by atoms with Crippen LogP contribution in [-0.2, 0) is 0 Å². The molecule has 1 unspecified atom stereocenters. The van der Waals surface area contributed by atoms with E-state index in [1.54, 1.807) is 0 Å². The maximum absolute atomic E-state index is 4.03. The molecule has 0 heteroatoms. The van der Waals surface area contributed by atoms with E-state index in [1.165, 1.54) is 37.7 Å². The summed E-state index contributed by atoms with van der Waals surface area (Å²) in [7, 11) is 0. The van der Waals surface area contributed by atoms with Crippen LogP contribution in [0.3, 0.4) is 0 Å². The van der Waals surface area contributed by atoms with E-state index in [0.29, 0.717) is 0 Å². The Hall–Kier alpha value is -0.520. The second-order valence-electron chi connectivity index (χ2n) is 3.86. The summed E-state index contributed by atoms with van der Waals surface area (Å²) in [6.07, 6.45) is 11.7. The Kier molecular flexibility index (Phi) is 1.85. The van der Waals surface area contributed by atoms with Crippen LogP contribution in [0.4, 0.5) is 0 Å². The van der Waals surface area contributed by atoms with Gasteiger partial charge in [0.15, 0.2) is 0 Å². The maximum Gasteiger partial charge on any atom is 0.00435 e. The molecular formula is C11H16. The van der Waals surface area contributed by atoms with Crippen LogP contribution in [0.25, 0.3) is 0 Å². The van der Waals surface area contributed by atoms with E-state index in [-0.39, 0.29) is 0 Å². The average molecular weight is 148 g/mol. The molecule has 1 fully saturated rings. The van der Waals surface area contributed by atoms with Gasteiger partial charge in [-0.05, 0) is 24.3 Å². The molecule has 0 aromatic carbocycles. The van der Waals surface area contributed by atoms with Gasteiger partial charge in [-0.3, -0.25) is 0 Å². The van der Waals surface area contributed by atoms with Crippen molar-refractivity contribution in [1.29, 1.82) is 0 Å². The maximum atomic E-state index is 4.03. The van der Waals surface area contributed by atoms with Gasteiger partial charge in [0.1, 0.15) is 0 Å². The van der Waals surface area contributed by atoms with Gasteiger partial charge in [-0.1, -0.05) is 38.0 Å². The fourth-order valence-corrected chi connectivity index (χ4v) is 2.30. The Bertz CT molecular complexity index is 182. The minimum Gasteiger partial charge on any atom is -0.0952 e. The van der Waals surface area contributed by atoms with E-state index in [0.717, 1.165) is 11.8 Å². The van der Waals surface area contributed by atoms with Crippen LogP contribution >= 0.6 is 0 Å². The molecule has 0 nitrogen and oxygen atoms in total. The molecule has 2 aliphatic carbocycles. The molecule has 11 heavy (non-hydrogen) atoms. The van der Waals surface area contributed by atoms with Crippen LogP contribution in [0.1, 0.15) is 32.1 Å². The van der Waals surface area contributed by atoms with Crippen LogP contribution in [-0.4, -0.2) is 0 Å². The van der Waals surface area contributed by atoms with E-state index >= 15 is 0 Å². The number of hydrogen-bond acceptors (Lipinski definition) is 0. The van der Waals surface area contributed by atoms with Crippen molar-refractivity contribution in [3.8, 4) is 0 Å². The molecule has 60 valence electrons. The normalized spacial score (nSPS) is 32.0. The van der Waals surface area contributed by atoms with E-state index in [9.17, 15) is 0 Å². The lowest BCUT2D eigenvalue weighted by molar-refractivity contribution is 0.305. The molecule has 0 aromatic rings. The van der Waals surface area contributed by atoms with E-state index in [2.05, 4.69) is 18.7 Å². The van der Waals surface area contributed by atoms with Crippen LogP contribution < -0.4 is 0 Å². The van der Waals surface area contributed by atoms with Gasteiger partial charge in [-0.15, -0.1) is 0 Å². The highest BCUT2D eigenvalue weighted by Gasteiger charge is 2.26. The lowest BCUT2D eigenvalue weighted by Crippen LogP contribution is -2.21. The summed E-state index contributed by atoms with van der Waals surface area (Å²) in [5.74, 6) is 1.71. The summed E-state index contributed by atoms with van der Waals surface area (Å²) >= 11 is 0. The molecule has 2 aliphatic rings. The van der Waals surface area contributed by atoms with Crippen LogP contribution in [0, 0.1) is 11.8 Å². The fraction of sp³-hybridized carbons (Fsp3) is 0.636. The van der Waals surface area contributed by atoms with Crippen molar-refractivity contribution < 1.29 is 0 Å². The molecule has 1 atom stereocenters. The second-order valence-corrected chi connectivity index (χ2v) is 3.86. The summed E-state index contributed by atoms with van der Waals surface area (Å²) < 4.78 is 0. The first kappa shape index (κ1) is 7.15. The van der Waals surface area contributed by atoms with Gasteiger partial charge in [0, 0.05) is 5.92 Å². The van der Waals surface area contributed by atoms with Crippen LogP contribution in [0.5, 0.6) is 0 Å². The van der Waals surface area contributed by atoms with Gasteiger partial charge in [-0.25, -0.2) is 0 Å². The molecule has 0 amide bonds. The highest BCUT2D eigenvalue weighted by Crippen LogP contribution is 2.38. The molecule has 0 aliphatic heterocycles. The Morgan fingerprint density at radius 1 is 1.18 bits per heavy atom. The standard InChI is InChI=1S/C11H16/c1-9-7-8-11(9)10-5-3-2-4-6-10/h7-8,10-11H,1-6H2. The van der Waals surface area contributed by atoms with Crippen molar-refractivity contribution >= 4 is 0 Å². The van der Waals surface area contributed by atoms with Gasteiger partial charge in [0.25, 0.3) is 0 Å². The Morgan fingerprint density at radius 3 is 2.36 bits per heavy atom. The summed E-state index contributed by atoms with van der Waals surface area (Å²) in [5.41, 5.74) is 1.37. The zero-order valence-electron chi connectivity index (χ0n) is 7.05. The smallest absolute Gasteiger partial charge is 0.00435 e. The van der Waals surface area contributed by atoms with Crippen LogP contribution in [0.15, 0.2) is 24.3 Å². The van der Waals surface area contributed by atoms with E-state index in [1.807, 2.05) is 0 Å². The van der Waals surface area contributed by atoms with Gasteiger partial charge < -0.3 is 0 Å². The third kappa shape index (κ3) is 1.26. The van der Waals surface area contributed by atoms with Gasteiger partial charge in [0.05, 0.1) is 0 Å². The van der Waals surface area contributed by atoms with Crippen molar-refractivity contribution in [2.75, 3.05) is 0 Å². The molecule has 0 heterocycles. The predicted molar refractivity (Wildman–Crippen MR) is 48.3 cm³/mol. The molecule has 2 rings (SSSR count). The predicted octanol–water partition coefficient (Wildman–Crippen LogP) is 3.31. The Labute approximate surface area is 69.0 Å². The first-order chi connectivity index (χ1) is 5.38. The SMILES string of the molecule is C=C1C=CC1C1CCCCC1. The molecule has 0 bridgehead atoms. The summed E-state index contributed by atoms with van der Waals surface area (Å²) in [5, 5.41) is 0.